The second-order valence-electron chi connectivity index (χ2n) is 7.08. The van der Waals surface area contributed by atoms with E-state index in [9.17, 15) is 119 Å². The van der Waals surface area contributed by atoms with Gasteiger partial charge in [0.2, 0.25) is 0 Å². The number of hydrogen-bond acceptors (Lipinski definition) is 0. The average molecular weight is 669 g/mol. The van der Waals surface area contributed by atoms with Crippen molar-refractivity contribution in [1.29, 1.82) is 0 Å². The Labute approximate surface area is 198 Å². The van der Waals surface area contributed by atoms with Crippen LogP contribution < -0.4 is 0 Å². The molecule has 0 saturated heterocycles. The fraction of sp³-hybridized carbons (Fsp3) is 0.923. The molecule has 0 heterocycles. The van der Waals surface area contributed by atoms with Crippen molar-refractivity contribution >= 4 is 0 Å². The van der Waals surface area contributed by atoms with Crippen molar-refractivity contribution in [2.24, 2.45) is 0 Å². The lowest BCUT2D eigenvalue weighted by Gasteiger charge is -2.46. The fourth-order valence-corrected chi connectivity index (χ4v) is 2.23. The quantitative estimate of drug-likeness (QED) is 0.204. The first kappa shape index (κ1) is 38.1. The lowest BCUT2D eigenvalue weighted by atomic mass is 9.82. The summed E-state index contributed by atoms with van der Waals surface area (Å²) in [5.74, 6) is -84.3. The highest BCUT2D eigenvalue weighted by atomic mass is 19.4. The summed E-state index contributed by atoms with van der Waals surface area (Å²) in [7, 11) is 0. The van der Waals surface area contributed by atoms with Gasteiger partial charge in [0.25, 0.3) is 0 Å². The Kier molecular flexibility index (Phi) is 8.63. The van der Waals surface area contributed by atoms with Crippen LogP contribution in [-0.4, -0.2) is 71.3 Å². The van der Waals surface area contributed by atoms with Crippen molar-refractivity contribution in [2.75, 3.05) is 0 Å². The number of rotatable bonds is 10. The summed E-state index contributed by atoms with van der Waals surface area (Å²) in [5, 5.41) is 0. The molecule has 0 rings (SSSR count). The highest BCUT2D eigenvalue weighted by molar-refractivity contribution is 5.21. The first-order valence-corrected chi connectivity index (χ1v) is 8.10. The molecular weight excluding hydrogens is 669 g/mol. The molecule has 0 nitrogen and oxygen atoms in total. The van der Waals surface area contributed by atoms with Crippen LogP contribution >= 0.6 is 0 Å². The molecule has 0 unspecified atom stereocenters. The minimum Gasteiger partial charge on any atom is -0.216 e. The third kappa shape index (κ3) is 4.19. The summed E-state index contributed by atoms with van der Waals surface area (Å²) in [6.07, 6.45) is -22.8. The molecule has 0 aliphatic heterocycles. The SMILES string of the molecule is F[C](F)C(F)(F)C(F)(F)C(F)(F)C(F)(F)C(F)(F)C(F)(F)C(F)(F)C(F)(F)C(F)(F)C(F)(C(F)(F)F)C(F)(F)F. The van der Waals surface area contributed by atoms with Gasteiger partial charge in [-0.15, -0.1) is 0 Å². The third-order valence-electron chi connectivity index (χ3n) is 4.61. The van der Waals surface area contributed by atoms with Gasteiger partial charge in [-0.2, -0.15) is 114 Å². The van der Waals surface area contributed by atoms with Gasteiger partial charge in [-0.3, -0.25) is 0 Å². The third-order valence-corrected chi connectivity index (χ3v) is 4.61. The van der Waals surface area contributed by atoms with Gasteiger partial charge in [-0.25, -0.2) is 4.39 Å². The van der Waals surface area contributed by atoms with Gasteiger partial charge in [-0.05, 0) is 0 Å². The predicted molar refractivity (Wildman–Crippen MR) is 65.9 cm³/mol. The Bertz CT molecular complexity index is 898. The molecule has 0 aromatic heterocycles. The van der Waals surface area contributed by atoms with Crippen LogP contribution in [0.1, 0.15) is 0 Å². The van der Waals surface area contributed by atoms with Crippen LogP contribution in [0.5, 0.6) is 0 Å². The van der Waals surface area contributed by atoms with E-state index >= 15 is 0 Å². The maximum atomic E-state index is 13.5. The second-order valence-corrected chi connectivity index (χ2v) is 7.08. The monoisotopic (exact) mass is 669 g/mol. The van der Waals surface area contributed by atoms with Crippen LogP contribution in [0.15, 0.2) is 0 Å². The highest BCUT2D eigenvalue weighted by Crippen LogP contribution is 2.68. The number of hydrogen-bond donors (Lipinski definition) is 0. The second kappa shape index (κ2) is 9.05. The van der Waals surface area contributed by atoms with Crippen LogP contribution in [0.4, 0.5) is 119 Å². The Hall–Kier alpha value is -1.89. The van der Waals surface area contributed by atoms with E-state index < -0.39 is 77.7 Å². The normalized spacial score (nSPS) is 17.1. The van der Waals surface area contributed by atoms with E-state index in [-0.39, 0.29) is 0 Å². The number of alkyl halides is 25. The zero-order valence-electron chi connectivity index (χ0n) is 16.7. The van der Waals surface area contributed by atoms with E-state index in [1.807, 2.05) is 0 Å². The largest absolute Gasteiger partial charge is 0.438 e. The smallest absolute Gasteiger partial charge is 0.216 e. The van der Waals surface area contributed by atoms with Crippen molar-refractivity contribution < 1.29 is 119 Å². The molecule has 40 heavy (non-hydrogen) atoms. The Morgan fingerprint density at radius 3 is 0.600 bits per heavy atom. The van der Waals surface area contributed by atoms with Crippen LogP contribution in [0.2, 0.25) is 0 Å². The van der Waals surface area contributed by atoms with E-state index in [1.54, 1.807) is 0 Å². The van der Waals surface area contributed by atoms with Crippen LogP contribution in [-0.2, 0) is 0 Å². The van der Waals surface area contributed by atoms with Gasteiger partial charge in [0, 0.05) is 0 Å². The van der Waals surface area contributed by atoms with E-state index in [4.69, 9.17) is 0 Å². The fourth-order valence-electron chi connectivity index (χ4n) is 2.23. The predicted octanol–water partition coefficient (Wildman–Crippen LogP) is 8.97. The molecule has 0 aromatic rings. The van der Waals surface area contributed by atoms with E-state index in [1.165, 1.54) is 0 Å². The van der Waals surface area contributed by atoms with Crippen LogP contribution in [0.3, 0.4) is 0 Å². The molecule has 0 aromatic carbocycles. The maximum absolute atomic E-state index is 13.5. The zero-order chi connectivity index (χ0) is 33.6. The van der Waals surface area contributed by atoms with E-state index in [2.05, 4.69) is 0 Å². The summed E-state index contributed by atoms with van der Waals surface area (Å²) in [6.45, 7) is 0. The van der Waals surface area contributed by atoms with Crippen molar-refractivity contribution in [2.45, 2.75) is 71.3 Å². The molecular formula is C13F27. The van der Waals surface area contributed by atoms with E-state index in [0.29, 0.717) is 0 Å². The molecule has 0 atom stereocenters. The minimum atomic E-state index is -9.78. The van der Waals surface area contributed by atoms with Gasteiger partial charge in [0.1, 0.15) is 0 Å². The van der Waals surface area contributed by atoms with Crippen molar-refractivity contribution in [3.63, 3.8) is 0 Å². The van der Waals surface area contributed by atoms with Gasteiger partial charge in [-0.1, -0.05) is 0 Å². The lowest BCUT2D eigenvalue weighted by Crippen LogP contribution is -2.79. The molecule has 0 aliphatic rings. The topological polar surface area (TPSA) is 0 Å². The summed E-state index contributed by atoms with van der Waals surface area (Å²) >= 11 is 0. The highest BCUT2D eigenvalue weighted by Gasteiger charge is 3.00. The molecule has 0 spiro atoms. The first-order chi connectivity index (χ1) is 16.7. The maximum Gasteiger partial charge on any atom is 0.438 e. The molecule has 0 fully saturated rings. The summed E-state index contributed by atoms with van der Waals surface area (Å²) < 4.78 is 349. The van der Waals surface area contributed by atoms with Crippen molar-refractivity contribution in [3.05, 3.63) is 6.43 Å². The van der Waals surface area contributed by atoms with Crippen molar-refractivity contribution in [1.82, 2.24) is 0 Å². The molecule has 0 N–H and O–H groups in total. The molecule has 27 heteroatoms. The standard InChI is InChI=1S/C13F27/c14-1(15)2(16,17)4(19,20)6(23,24)8(27,28)10(31,32)11(33,34)9(29,30)7(25,26)5(21,22)3(18,12(35,36)37)13(38,39)40. The molecule has 1 radical (unpaired) electrons. The Balaban J connectivity index is 7.49. The van der Waals surface area contributed by atoms with Crippen molar-refractivity contribution in [3.8, 4) is 0 Å². The van der Waals surface area contributed by atoms with Gasteiger partial charge >= 0.3 is 77.7 Å². The van der Waals surface area contributed by atoms with E-state index in [0.717, 1.165) is 0 Å². The Morgan fingerprint density at radius 2 is 0.425 bits per heavy atom. The van der Waals surface area contributed by atoms with Gasteiger partial charge < -0.3 is 0 Å². The summed E-state index contributed by atoms with van der Waals surface area (Å²) in [4.78, 5) is 0. The van der Waals surface area contributed by atoms with Crippen LogP contribution in [0.25, 0.3) is 0 Å². The number of halogens is 27. The molecule has 0 bridgehead atoms. The molecule has 0 amide bonds. The molecule has 0 saturated carbocycles. The molecule has 0 aliphatic carbocycles. The first-order valence-electron chi connectivity index (χ1n) is 8.10. The minimum absolute atomic E-state index is 5.43. The summed E-state index contributed by atoms with van der Waals surface area (Å²) in [6, 6.07) is 0. The van der Waals surface area contributed by atoms with Crippen LogP contribution in [0, 0.1) is 6.43 Å². The average Bonchev–Trinajstić information content (AvgIpc) is 2.69. The molecule has 241 valence electrons. The van der Waals surface area contributed by atoms with Gasteiger partial charge in [0.05, 0.1) is 0 Å². The summed E-state index contributed by atoms with van der Waals surface area (Å²) in [5.41, 5.74) is -9.19. The Morgan fingerprint density at radius 1 is 0.250 bits per heavy atom. The zero-order valence-corrected chi connectivity index (χ0v) is 16.7. The lowest BCUT2D eigenvalue weighted by molar-refractivity contribution is -0.484. The van der Waals surface area contributed by atoms with Gasteiger partial charge in [0.15, 0.2) is 0 Å².